The van der Waals surface area contributed by atoms with Crippen molar-refractivity contribution < 1.29 is 14.3 Å². The number of hydrogen-bond acceptors (Lipinski definition) is 6. The molecular weight excluding hydrogens is 464 g/mol. The van der Waals surface area contributed by atoms with E-state index in [1.165, 1.54) is 5.01 Å². The van der Waals surface area contributed by atoms with Crippen molar-refractivity contribution in [1.29, 1.82) is 0 Å². The molecule has 0 saturated heterocycles. The third-order valence-electron chi connectivity index (χ3n) is 5.95. The lowest BCUT2D eigenvalue weighted by atomic mass is 10.0. The number of nitrogens with two attached hydrogens (primary N) is 1. The summed E-state index contributed by atoms with van der Waals surface area (Å²) in [6, 6.07) is 22.5. The number of benzene rings is 3. The van der Waals surface area contributed by atoms with Gasteiger partial charge in [0.15, 0.2) is 11.5 Å². The fraction of sp³-hybridized carbons (Fsp3) is 0.267. The summed E-state index contributed by atoms with van der Waals surface area (Å²) in [6.45, 7) is 6.80. The molecule has 4 aromatic rings. The van der Waals surface area contributed by atoms with Crippen molar-refractivity contribution in [1.82, 2.24) is 10.3 Å². The molecule has 3 N–H and O–H groups in total. The highest BCUT2D eigenvalue weighted by Crippen LogP contribution is 2.34. The van der Waals surface area contributed by atoms with Crippen molar-refractivity contribution in [3.8, 4) is 11.5 Å². The Kier molecular flexibility index (Phi) is 8.59. The van der Waals surface area contributed by atoms with Crippen molar-refractivity contribution >= 4 is 22.4 Å². The number of nitrogens with one attached hydrogen (secondary N) is 1. The van der Waals surface area contributed by atoms with E-state index in [1.807, 2.05) is 93.6 Å². The number of aromatic nitrogens is 1. The normalized spacial score (nSPS) is 11.8. The molecule has 7 heteroatoms. The lowest BCUT2D eigenvalue weighted by Crippen LogP contribution is -2.45. The smallest absolute Gasteiger partial charge is 0.248 e. The molecule has 0 saturated carbocycles. The minimum absolute atomic E-state index is 0.0137. The average Bonchev–Trinajstić information content (AvgIpc) is 2.90. The summed E-state index contributed by atoms with van der Waals surface area (Å²) in [7, 11) is 0. The summed E-state index contributed by atoms with van der Waals surface area (Å²) in [4.78, 5) is 17.8. The van der Waals surface area contributed by atoms with Crippen LogP contribution in [0.15, 0.2) is 85.2 Å². The maximum absolute atomic E-state index is 13.6. The van der Waals surface area contributed by atoms with Crippen LogP contribution in [0.25, 0.3) is 10.8 Å². The number of ether oxygens (including phenoxy) is 2. The lowest BCUT2D eigenvalue weighted by Gasteiger charge is -2.29. The van der Waals surface area contributed by atoms with Crippen LogP contribution >= 0.6 is 0 Å². The van der Waals surface area contributed by atoms with Crippen LogP contribution in [-0.4, -0.2) is 30.1 Å². The van der Waals surface area contributed by atoms with Gasteiger partial charge in [0.2, 0.25) is 5.91 Å². The molecule has 0 spiro atoms. The summed E-state index contributed by atoms with van der Waals surface area (Å²) in [5, 5.41) is 6.56. The second-order valence-electron chi connectivity index (χ2n) is 9.05. The van der Waals surface area contributed by atoms with Crippen molar-refractivity contribution in [2.24, 2.45) is 5.84 Å². The van der Waals surface area contributed by atoms with Gasteiger partial charge in [0.25, 0.3) is 0 Å². The quantitative estimate of drug-likeness (QED) is 0.218. The molecule has 3 aromatic carbocycles. The van der Waals surface area contributed by atoms with Gasteiger partial charge in [-0.2, -0.15) is 0 Å². The Morgan fingerprint density at radius 2 is 1.81 bits per heavy atom. The van der Waals surface area contributed by atoms with Crippen LogP contribution in [0, 0.1) is 0 Å². The van der Waals surface area contributed by atoms with Crippen LogP contribution in [0.4, 0.5) is 5.69 Å². The van der Waals surface area contributed by atoms with Gasteiger partial charge in [0.1, 0.15) is 6.04 Å². The van der Waals surface area contributed by atoms with E-state index >= 15 is 0 Å². The molecule has 1 atom stereocenters. The molecule has 0 aliphatic heterocycles. The second kappa shape index (κ2) is 12.2. The van der Waals surface area contributed by atoms with Crippen molar-refractivity contribution in [3.05, 3.63) is 96.3 Å². The first-order valence-corrected chi connectivity index (χ1v) is 12.6. The number of rotatable bonds is 11. The zero-order chi connectivity index (χ0) is 26.2. The van der Waals surface area contributed by atoms with E-state index in [0.717, 1.165) is 22.8 Å². The first-order valence-electron chi connectivity index (χ1n) is 12.6. The van der Waals surface area contributed by atoms with E-state index in [2.05, 4.69) is 10.3 Å². The highest BCUT2D eigenvalue weighted by molar-refractivity contribution is 5.89. The minimum atomic E-state index is -0.789. The molecule has 0 aliphatic carbocycles. The number of pyridine rings is 1. The molecule has 1 aromatic heterocycles. The fourth-order valence-corrected chi connectivity index (χ4v) is 4.20. The number of anilines is 1. The van der Waals surface area contributed by atoms with Gasteiger partial charge < -0.3 is 14.8 Å². The zero-order valence-corrected chi connectivity index (χ0v) is 21.6. The molecule has 0 unspecified atom stereocenters. The molecule has 7 nitrogen and oxygen atoms in total. The summed E-state index contributed by atoms with van der Waals surface area (Å²) in [5.74, 6) is 7.68. The Balaban J connectivity index is 1.66. The van der Waals surface area contributed by atoms with E-state index < -0.39 is 6.04 Å². The maximum Gasteiger partial charge on any atom is 0.248 e. The molecule has 1 heterocycles. The lowest BCUT2D eigenvalue weighted by molar-refractivity contribution is -0.122. The molecule has 0 aliphatic rings. The SMILES string of the molecule is CCOc1cc([C@@H](C(=O)NCCc2ccccc2)N(N)c2ccc3cnccc3c2)ccc1OC(C)C. The Hall–Kier alpha value is -4.10. The Morgan fingerprint density at radius 3 is 2.57 bits per heavy atom. The summed E-state index contributed by atoms with van der Waals surface area (Å²) < 4.78 is 11.8. The van der Waals surface area contributed by atoms with E-state index in [9.17, 15) is 4.79 Å². The Labute approximate surface area is 218 Å². The average molecular weight is 499 g/mol. The van der Waals surface area contributed by atoms with Gasteiger partial charge >= 0.3 is 0 Å². The van der Waals surface area contributed by atoms with Gasteiger partial charge in [-0.15, -0.1) is 0 Å². The predicted molar refractivity (Wildman–Crippen MR) is 148 cm³/mol. The Bertz CT molecular complexity index is 1330. The van der Waals surface area contributed by atoms with E-state index in [4.69, 9.17) is 15.3 Å². The van der Waals surface area contributed by atoms with Crippen molar-refractivity contribution in [2.75, 3.05) is 18.2 Å². The number of carbonyl (C=O) groups excluding carboxylic acids is 1. The largest absolute Gasteiger partial charge is 0.490 e. The monoisotopic (exact) mass is 498 g/mol. The molecule has 1 amide bonds. The van der Waals surface area contributed by atoms with Crippen LogP contribution in [0.3, 0.4) is 0 Å². The third-order valence-corrected chi connectivity index (χ3v) is 5.95. The van der Waals surface area contributed by atoms with Crippen LogP contribution in [0.5, 0.6) is 11.5 Å². The van der Waals surface area contributed by atoms with Crippen molar-refractivity contribution in [3.63, 3.8) is 0 Å². The van der Waals surface area contributed by atoms with Gasteiger partial charge in [0.05, 0.1) is 18.4 Å². The minimum Gasteiger partial charge on any atom is -0.490 e. The number of carbonyl (C=O) groups is 1. The Morgan fingerprint density at radius 1 is 1.00 bits per heavy atom. The van der Waals surface area contributed by atoms with Crippen molar-refractivity contribution in [2.45, 2.75) is 39.3 Å². The molecule has 0 fully saturated rings. The molecule has 0 radical (unpaired) electrons. The van der Waals surface area contributed by atoms with E-state index in [1.54, 1.807) is 12.4 Å². The summed E-state index contributed by atoms with van der Waals surface area (Å²) in [6.07, 6.45) is 4.25. The number of hydrazine groups is 1. The van der Waals surface area contributed by atoms with Crippen LogP contribution in [0.1, 0.15) is 37.9 Å². The van der Waals surface area contributed by atoms with Gasteiger partial charge in [-0.05, 0) is 74.0 Å². The highest BCUT2D eigenvalue weighted by atomic mass is 16.5. The van der Waals surface area contributed by atoms with E-state index in [0.29, 0.717) is 35.9 Å². The zero-order valence-electron chi connectivity index (χ0n) is 21.6. The summed E-state index contributed by atoms with van der Waals surface area (Å²) >= 11 is 0. The topological polar surface area (TPSA) is 89.7 Å². The van der Waals surface area contributed by atoms with Crippen LogP contribution < -0.4 is 25.6 Å². The maximum atomic E-state index is 13.6. The number of amides is 1. The second-order valence-corrected chi connectivity index (χ2v) is 9.05. The first kappa shape index (κ1) is 26.0. The molecular formula is C30H34N4O3. The van der Waals surface area contributed by atoms with E-state index in [-0.39, 0.29) is 12.0 Å². The van der Waals surface area contributed by atoms with Gasteiger partial charge in [-0.3, -0.25) is 14.8 Å². The highest BCUT2D eigenvalue weighted by Gasteiger charge is 2.28. The third kappa shape index (κ3) is 6.57. The molecule has 0 bridgehead atoms. The van der Waals surface area contributed by atoms with Crippen LogP contribution in [-0.2, 0) is 11.2 Å². The molecule has 37 heavy (non-hydrogen) atoms. The number of hydrogen-bond donors (Lipinski definition) is 2. The first-order chi connectivity index (χ1) is 18.0. The predicted octanol–water partition coefficient (Wildman–Crippen LogP) is 5.20. The number of fused-ring (bicyclic) bond motifs is 1. The van der Waals surface area contributed by atoms with Crippen LogP contribution in [0.2, 0.25) is 0 Å². The fourth-order valence-electron chi connectivity index (χ4n) is 4.20. The number of nitrogens with zero attached hydrogens (tertiary/aromatic N) is 2. The summed E-state index contributed by atoms with van der Waals surface area (Å²) in [5.41, 5.74) is 2.57. The van der Waals surface area contributed by atoms with Gasteiger partial charge in [-0.1, -0.05) is 42.5 Å². The molecule has 192 valence electrons. The standard InChI is InChI=1S/C30H34N4O3/c1-4-36-28-19-24(11-13-27(28)37-21(2)3)29(30(35)33-17-14-22-8-6-5-7-9-22)34(31)26-12-10-25-20-32-16-15-23(25)18-26/h5-13,15-16,18-21,29H,4,14,17,31H2,1-3H3,(H,33,35)/t29-/m0/s1. The van der Waals surface area contributed by atoms with Gasteiger partial charge in [0, 0.05) is 24.3 Å². The van der Waals surface area contributed by atoms with Gasteiger partial charge in [-0.25, -0.2) is 5.84 Å². The molecule has 4 rings (SSSR count).